The molecular weight excluding hydrogens is 567 g/mol. The number of aryl methyl sites for hydroxylation is 1. The van der Waals surface area contributed by atoms with Gasteiger partial charge in [0.2, 0.25) is 21.8 Å². The average molecular weight is 604 g/mol. The number of anilines is 1. The van der Waals surface area contributed by atoms with Crippen molar-refractivity contribution in [1.29, 1.82) is 0 Å². The molecule has 226 valence electrons. The predicted octanol–water partition coefficient (Wildman–Crippen LogP) is 5.33. The van der Waals surface area contributed by atoms with Crippen LogP contribution in [0.15, 0.2) is 78.9 Å². The number of nitrogens with zero attached hydrogens (tertiary/aromatic N) is 2. The largest absolute Gasteiger partial charge is 0.416 e. The fourth-order valence-corrected chi connectivity index (χ4v) is 5.19. The van der Waals surface area contributed by atoms with Crippen molar-refractivity contribution >= 4 is 27.5 Å². The molecule has 3 rings (SSSR count). The normalized spacial score (nSPS) is 12.9. The summed E-state index contributed by atoms with van der Waals surface area (Å²) in [6.07, 6.45) is -3.77. The number of sulfonamides is 1. The lowest BCUT2D eigenvalue weighted by atomic mass is 10.0. The standard InChI is InChI=1S/C31H36F3N3O4S/c1-22-14-16-24(17-15-22)20-36(27(29(39)35-30(2,3)4)18-23-10-7-6-8-11-23)28(38)21-37(42(5,40)41)26-13-9-12-25(19-26)31(32,33)34/h6-17,19,27H,18,20-21H2,1-5H3,(H,35,39)/t27-/m0/s1. The lowest BCUT2D eigenvalue weighted by molar-refractivity contribution is -0.140. The molecule has 2 amide bonds. The van der Waals surface area contributed by atoms with Gasteiger partial charge in [-0.3, -0.25) is 13.9 Å². The second kappa shape index (κ2) is 13.0. The van der Waals surface area contributed by atoms with Gasteiger partial charge in [0.1, 0.15) is 12.6 Å². The third kappa shape index (κ3) is 9.34. The van der Waals surface area contributed by atoms with Crippen molar-refractivity contribution in [2.45, 2.75) is 58.4 Å². The van der Waals surface area contributed by atoms with Crippen LogP contribution < -0.4 is 9.62 Å². The first-order valence-corrected chi connectivity index (χ1v) is 15.1. The van der Waals surface area contributed by atoms with E-state index in [1.54, 1.807) is 45.0 Å². The van der Waals surface area contributed by atoms with E-state index < -0.39 is 51.7 Å². The molecule has 0 radical (unpaired) electrons. The maximum absolute atomic E-state index is 14.0. The number of hydrogen-bond acceptors (Lipinski definition) is 4. The van der Waals surface area contributed by atoms with E-state index in [0.717, 1.165) is 29.5 Å². The highest BCUT2D eigenvalue weighted by Gasteiger charge is 2.35. The molecular formula is C31H36F3N3O4S. The first-order valence-electron chi connectivity index (χ1n) is 13.3. The van der Waals surface area contributed by atoms with Crippen LogP contribution in [0.3, 0.4) is 0 Å². The third-order valence-electron chi connectivity index (χ3n) is 6.38. The van der Waals surface area contributed by atoms with Gasteiger partial charge in [-0.05, 0) is 57.0 Å². The Morgan fingerprint density at radius 2 is 1.50 bits per heavy atom. The van der Waals surface area contributed by atoms with Gasteiger partial charge in [0.05, 0.1) is 17.5 Å². The number of nitrogens with one attached hydrogen (secondary N) is 1. The molecule has 0 aliphatic heterocycles. The molecule has 7 nitrogen and oxygen atoms in total. The zero-order chi connectivity index (χ0) is 31.3. The number of amides is 2. The minimum atomic E-state index is -4.72. The van der Waals surface area contributed by atoms with E-state index in [1.807, 2.05) is 37.3 Å². The van der Waals surface area contributed by atoms with Crippen LogP contribution in [0.1, 0.15) is 43.0 Å². The van der Waals surface area contributed by atoms with E-state index in [9.17, 15) is 31.2 Å². The van der Waals surface area contributed by atoms with Crippen molar-refractivity contribution in [2.24, 2.45) is 0 Å². The lowest BCUT2D eigenvalue weighted by Crippen LogP contribution is -2.56. The van der Waals surface area contributed by atoms with Gasteiger partial charge in [-0.25, -0.2) is 8.42 Å². The Morgan fingerprint density at radius 1 is 0.881 bits per heavy atom. The van der Waals surface area contributed by atoms with Crippen molar-refractivity contribution in [2.75, 3.05) is 17.1 Å². The number of carbonyl (C=O) groups is 2. The first-order chi connectivity index (χ1) is 19.4. The molecule has 0 heterocycles. The molecule has 3 aromatic rings. The van der Waals surface area contributed by atoms with Crippen LogP contribution in [0.4, 0.5) is 18.9 Å². The summed E-state index contributed by atoms with van der Waals surface area (Å²) in [6, 6.07) is 19.1. The third-order valence-corrected chi connectivity index (χ3v) is 7.52. The average Bonchev–Trinajstić information content (AvgIpc) is 2.88. The summed E-state index contributed by atoms with van der Waals surface area (Å²) in [6.45, 7) is 6.47. The van der Waals surface area contributed by atoms with Gasteiger partial charge in [0.15, 0.2) is 0 Å². The van der Waals surface area contributed by atoms with Crippen molar-refractivity contribution < 1.29 is 31.2 Å². The molecule has 0 bridgehead atoms. The Hall–Kier alpha value is -3.86. The van der Waals surface area contributed by atoms with Gasteiger partial charge >= 0.3 is 6.18 Å². The summed E-state index contributed by atoms with van der Waals surface area (Å²) >= 11 is 0. The Balaban J connectivity index is 2.09. The molecule has 0 aliphatic rings. The quantitative estimate of drug-likeness (QED) is 0.339. The van der Waals surface area contributed by atoms with Crippen molar-refractivity contribution in [3.63, 3.8) is 0 Å². The molecule has 0 saturated carbocycles. The number of carbonyl (C=O) groups excluding carboxylic acids is 2. The Morgan fingerprint density at radius 3 is 2.05 bits per heavy atom. The van der Waals surface area contributed by atoms with Gasteiger partial charge in [-0.15, -0.1) is 0 Å². The highest BCUT2D eigenvalue weighted by Crippen LogP contribution is 2.32. The van der Waals surface area contributed by atoms with Gasteiger partial charge in [0, 0.05) is 18.5 Å². The summed E-state index contributed by atoms with van der Waals surface area (Å²) in [5.74, 6) is -1.19. The van der Waals surface area contributed by atoms with Crippen LogP contribution in [-0.4, -0.2) is 49.5 Å². The minimum Gasteiger partial charge on any atom is -0.350 e. The monoisotopic (exact) mass is 603 g/mol. The highest BCUT2D eigenvalue weighted by atomic mass is 32.2. The Kier molecular flexibility index (Phi) is 10.1. The summed E-state index contributed by atoms with van der Waals surface area (Å²) in [5.41, 5.74) is 0.447. The molecule has 0 spiro atoms. The predicted molar refractivity (Wildman–Crippen MR) is 157 cm³/mol. The Bertz CT molecular complexity index is 1490. The molecule has 0 fully saturated rings. The van der Waals surface area contributed by atoms with Gasteiger partial charge in [0.25, 0.3) is 0 Å². The molecule has 1 atom stereocenters. The van der Waals surface area contributed by atoms with Crippen LogP contribution >= 0.6 is 0 Å². The Labute approximate surface area is 245 Å². The number of benzene rings is 3. The van der Waals surface area contributed by atoms with E-state index >= 15 is 0 Å². The SMILES string of the molecule is Cc1ccc(CN(C(=O)CN(c2cccc(C(F)(F)F)c2)S(C)(=O)=O)[C@@H](Cc2ccccc2)C(=O)NC(C)(C)C)cc1. The maximum atomic E-state index is 14.0. The van der Waals surface area contributed by atoms with Gasteiger partial charge < -0.3 is 10.2 Å². The summed E-state index contributed by atoms with van der Waals surface area (Å²) in [7, 11) is -4.20. The summed E-state index contributed by atoms with van der Waals surface area (Å²) < 4.78 is 66.6. The molecule has 0 aromatic heterocycles. The van der Waals surface area contributed by atoms with E-state index in [-0.39, 0.29) is 18.7 Å². The smallest absolute Gasteiger partial charge is 0.350 e. The molecule has 1 N–H and O–H groups in total. The number of alkyl halides is 3. The fourth-order valence-electron chi connectivity index (χ4n) is 4.35. The van der Waals surface area contributed by atoms with Gasteiger partial charge in [-0.1, -0.05) is 66.2 Å². The first kappa shape index (κ1) is 32.7. The van der Waals surface area contributed by atoms with Crippen molar-refractivity contribution in [1.82, 2.24) is 10.2 Å². The minimum absolute atomic E-state index is 0.0334. The number of halogens is 3. The molecule has 0 unspecified atom stereocenters. The number of rotatable bonds is 10. The van der Waals surface area contributed by atoms with Gasteiger partial charge in [-0.2, -0.15) is 13.2 Å². The van der Waals surface area contributed by atoms with Crippen molar-refractivity contribution in [3.05, 3.63) is 101 Å². The van der Waals surface area contributed by atoms with Crippen LogP contribution in [0.25, 0.3) is 0 Å². The van der Waals surface area contributed by atoms with Crippen molar-refractivity contribution in [3.8, 4) is 0 Å². The van der Waals surface area contributed by atoms with E-state index in [2.05, 4.69) is 5.32 Å². The second-order valence-corrected chi connectivity index (χ2v) is 13.2. The summed E-state index contributed by atoms with van der Waals surface area (Å²) in [5, 5.41) is 2.92. The van der Waals surface area contributed by atoms with Crippen LogP contribution in [0, 0.1) is 6.92 Å². The summed E-state index contributed by atoms with van der Waals surface area (Å²) in [4.78, 5) is 29.0. The molecule has 42 heavy (non-hydrogen) atoms. The second-order valence-electron chi connectivity index (χ2n) is 11.3. The van der Waals surface area contributed by atoms with Crippen LogP contribution in [0.5, 0.6) is 0 Å². The zero-order valence-electron chi connectivity index (χ0n) is 24.3. The molecule has 0 aliphatic carbocycles. The maximum Gasteiger partial charge on any atom is 0.416 e. The van der Waals surface area contributed by atoms with Crippen LogP contribution in [0.2, 0.25) is 0 Å². The number of hydrogen-bond donors (Lipinski definition) is 1. The fraction of sp³-hybridized carbons (Fsp3) is 0.355. The highest BCUT2D eigenvalue weighted by molar-refractivity contribution is 7.92. The van der Waals surface area contributed by atoms with Crippen LogP contribution in [-0.2, 0) is 38.8 Å². The topological polar surface area (TPSA) is 86.8 Å². The molecule has 0 saturated heterocycles. The van der Waals surface area contributed by atoms with E-state index in [1.165, 1.54) is 11.0 Å². The molecule has 11 heteroatoms. The molecule has 3 aromatic carbocycles. The van der Waals surface area contributed by atoms with E-state index in [4.69, 9.17) is 0 Å². The zero-order valence-corrected chi connectivity index (χ0v) is 25.1. The lowest BCUT2D eigenvalue weighted by Gasteiger charge is -2.35. The van der Waals surface area contributed by atoms with E-state index in [0.29, 0.717) is 15.9 Å².